The largest absolute Gasteiger partial charge is 0.352 e. The number of amides is 2. The summed E-state index contributed by atoms with van der Waals surface area (Å²) in [6, 6.07) is 26.0. The monoisotopic (exact) mass is 669 g/mol. The molecule has 0 saturated carbocycles. The highest BCUT2D eigenvalue weighted by molar-refractivity contribution is 7.92. The van der Waals surface area contributed by atoms with E-state index in [1.165, 1.54) is 23.1 Å². The number of rotatable bonds is 13. The van der Waals surface area contributed by atoms with Crippen molar-refractivity contribution in [3.8, 4) is 0 Å². The van der Waals surface area contributed by atoms with Gasteiger partial charge in [0, 0.05) is 24.0 Å². The first-order valence-electron chi connectivity index (χ1n) is 14.4. The first-order valence-corrected chi connectivity index (χ1v) is 16.6. The molecule has 1 N–H and O–H groups in total. The Morgan fingerprint density at radius 1 is 0.867 bits per heavy atom. The third-order valence-corrected chi connectivity index (χ3v) is 9.63. The van der Waals surface area contributed by atoms with Crippen LogP contribution in [0.4, 0.5) is 10.1 Å². The minimum absolute atomic E-state index is 0.00928. The summed E-state index contributed by atoms with van der Waals surface area (Å²) in [4.78, 5) is 29.6. The standard InChI is InChI=1S/C34H34Cl2FN3O4S/c1-3-24(2)38-34(42)32(20-25-11-6-4-7-12-25)39(22-26-13-10-14-27(35)19-26)33(41)23-40(28-17-18-31(37)30(36)21-28)45(43,44)29-15-8-5-9-16-29/h4-19,21,24,32H,3,20,22-23H2,1-2H3,(H,38,42)/t24-,32-/m1/s1. The molecule has 0 aliphatic heterocycles. The molecule has 0 heterocycles. The number of benzene rings is 4. The van der Waals surface area contributed by atoms with Crippen LogP contribution in [0.15, 0.2) is 108 Å². The fourth-order valence-corrected chi connectivity index (χ4v) is 6.53. The number of carbonyl (C=O) groups excluding carboxylic acids is 2. The van der Waals surface area contributed by atoms with Crippen molar-refractivity contribution in [2.75, 3.05) is 10.8 Å². The van der Waals surface area contributed by atoms with Crippen molar-refractivity contribution in [1.82, 2.24) is 10.2 Å². The number of nitrogens with one attached hydrogen (secondary N) is 1. The Kier molecular flexibility index (Phi) is 11.6. The zero-order valence-electron chi connectivity index (χ0n) is 24.9. The van der Waals surface area contributed by atoms with E-state index in [0.29, 0.717) is 17.0 Å². The van der Waals surface area contributed by atoms with E-state index in [1.807, 2.05) is 44.2 Å². The predicted molar refractivity (Wildman–Crippen MR) is 176 cm³/mol. The van der Waals surface area contributed by atoms with Gasteiger partial charge in [-0.3, -0.25) is 13.9 Å². The van der Waals surface area contributed by atoms with Gasteiger partial charge in [0.25, 0.3) is 10.0 Å². The van der Waals surface area contributed by atoms with E-state index >= 15 is 0 Å². The van der Waals surface area contributed by atoms with Crippen LogP contribution < -0.4 is 9.62 Å². The third-order valence-electron chi connectivity index (χ3n) is 7.32. The highest BCUT2D eigenvalue weighted by Gasteiger charge is 2.35. The molecule has 7 nitrogen and oxygen atoms in total. The zero-order valence-corrected chi connectivity index (χ0v) is 27.2. The summed E-state index contributed by atoms with van der Waals surface area (Å²) in [6.45, 7) is 3.08. The lowest BCUT2D eigenvalue weighted by Crippen LogP contribution is -2.54. The summed E-state index contributed by atoms with van der Waals surface area (Å²) in [6.07, 6.45) is 0.837. The normalized spacial score (nSPS) is 12.6. The molecule has 0 fully saturated rings. The summed E-state index contributed by atoms with van der Waals surface area (Å²) in [7, 11) is -4.34. The zero-order chi connectivity index (χ0) is 32.6. The second-order valence-corrected chi connectivity index (χ2v) is 13.3. The van der Waals surface area contributed by atoms with Crippen LogP contribution in [0, 0.1) is 5.82 Å². The topological polar surface area (TPSA) is 86.8 Å². The fraction of sp³-hybridized carbons (Fsp3) is 0.235. The Morgan fingerprint density at radius 2 is 1.51 bits per heavy atom. The molecular weight excluding hydrogens is 636 g/mol. The molecule has 0 unspecified atom stereocenters. The van der Waals surface area contributed by atoms with Gasteiger partial charge in [-0.1, -0.05) is 90.8 Å². The second kappa shape index (κ2) is 15.4. The lowest BCUT2D eigenvalue weighted by Gasteiger charge is -2.34. The molecule has 45 heavy (non-hydrogen) atoms. The summed E-state index contributed by atoms with van der Waals surface area (Å²) in [5.41, 5.74) is 1.45. The number of sulfonamides is 1. The molecule has 236 valence electrons. The van der Waals surface area contributed by atoms with Crippen LogP contribution in [0.25, 0.3) is 0 Å². The van der Waals surface area contributed by atoms with Gasteiger partial charge in [0.1, 0.15) is 18.4 Å². The number of hydrogen-bond acceptors (Lipinski definition) is 4. The molecule has 0 aromatic heterocycles. The van der Waals surface area contributed by atoms with Crippen molar-refractivity contribution in [1.29, 1.82) is 0 Å². The van der Waals surface area contributed by atoms with E-state index in [1.54, 1.807) is 42.5 Å². The van der Waals surface area contributed by atoms with E-state index in [2.05, 4.69) is 5.32 Å². The number of hydrogen-bond donors (Lipinski definition) is 1. The summed E-state index contributed by atoms with van der Waals surface area (Å²) >= 11 is 12.3. The van der Waals surface area contributed by atoms with Crippen molar-refractivity contribution in [3.05, 3.63) is 130 Å². The molecule has 11 heteroatoms. The molecular formula is C34H34Cl2FN3O4S. The average Bonchev–Trinajstić information content (AvgIpc) is 3.03. The second-order valence-electron chi connectivity index (χ2n) is 10.6. The summed E-state index contributed by atoms with van der Waals surface area (Å²) < 4.78 is 43.0. The lowest BCUT2D eigenvalue weighted by atomic mass is 10.0. The average molecular weight is 671 g/mol. The van der Waals surface area contributed by atoms with E-state index in [-0.39, 0.29) is 40.5 Å². The van der Waals surface area contributed by atoms with Gasteiger partial charge in [-0.05, 0) is 66.9 Å². The summed E-state index contributed by atoms with van der Waals surface area (Å²) in [5, 5.41) is 3.12. The van der Waals surface area contributed by atoms with Gasteiger partial charge in [0.2, 0.25) is 11.8 Å². The number of halogens is 3. The SMILES string of the molecule is CC[C@@H](C)NC(=O)[C@@H](Cc1ccccc1)N(Cc1cccc(Cl)c1)C(=O)CN(c1ccc(F)c(Cl)c1)S(=O)(=O)c1ccccc1. The lowest BCUT2D eigenvalue weighted by molar-refractivity contribution is -0.140. The van der Waals surface area contributed by atoms with Crippen LogP contribution >= 0.6 is 23.2 Å². The van der Waals surface area contributed by atoms with E-state index < -0.39 is 34.3 Å². The number of anilines is 1. The Balaban J connectivity index is 1.82. The van der Waals surface area contributed by atoms with Gasteiger partial charge in [-0.2, -0.15) is 0 Å². The van der Waals surface area contributed by atoms with Gasteiger partial charge in [0.15, 0.2) is 0 Å². The number of nitrogens with zero attached hydrogens (tertiary/aromatic N) is 2. The van der Waals surface area contributed by atoms with Crippen LogP contribution in [-0.2, 0) is 32.6 Å². The first-order chi connectivity index (χ1) is 21.5. The van der Waals surface area contributed by atoms with Crippen molar-refractivity contribution in [3.63, 3.8) is 0 Å². The van der Waals surface area contributed by atoms with Crippen molar-refractivity contribution in [2.45, 2.75) is 50.2 Å². The van der Waals surface area contributed by atoms with E-state index in [9.17, 15) is 22.4 Å². The Hall–Kier alpha value is -3.92. The van der Waals surface area contributed by atoms with Crippen LogP contribution in [0.5, 0.6) is 0 Å². The third kappa shape index (κ3) is 8.84. The fourth-order valence-electron chi connectivity index (χ4n) is 4.72. The molecule has 0 aliphatic rings. The molecule has 0 spiro atoms. The molecule has 4 rings (SSSR count). The highest BCUT2D eigenvalue weighted by Crippen LogP contribution is 2.28. The molecule has 0 bridgehead atoms. The maximum Gasteiger partial charge on any atom is 0.264 e. The first kappa shape index (κ1) is 34.0. The molecule has 0 saturated heterocycles. The highest BCUT2D eigenvalue weighted by atomic mass is 35.5. The number of carbonyl (C=O) groups is 2. The van der Waals surface area contributed by atoms with E-state index in [4.69, 9.17) is 23.2 Å². The smallest absolute Gasteiger partial charge is 0.264 e. The van der Waals surface area contributed by atoms with Gasteiger partial charge in [-0.15, -0.1) is 0 Å². The molecule has 4 aromatic rings. The molecule has 2 amide bonds. The van der Waals surface area contributed by atoms with Gasteiger partial charge in [-0.25, -0.2) is 12.8 Å². The molecule has 2 atom stereocenters. The van der Waals surface area contributed by atoms with E-state index in [0.717, 1.165) is 22.0 Å². The van der Waals surface area contributed by atoms with Gasteiger partial charge >= 0.3 is 0 Å². The maximum absolute atomic E-state index is 14.4. The van der Waals surface area contributed by atoms with Crippen molar-refractivity contribution >= 4 is 50.7 Å². The Morgan fingerprint density at radius 3 is 2.13 bits per heavy atom. The van der Waals surface area contributed by atoms with Crippen LogP contribution in [0.3, 0.4) is 0 Å². The Bertz CT molecular complexity index is 1730. The molecule has 0 aliphatic carbocycles. The Labute approximate surface area is 273 Å². The van der Waals surface area contributed by atoms with Gasteiger partial charge < -0.3 is 10.2 Å². The van der Waals surface area contributed by atoms with Crippen molar-refractivity contribution < 1.29 is 22.4 Å². The minimum atomic E-state index is -4.34. The minimum Gasteiger partial charge on any atom is -0.352 e. The molecule has 0 radical (unpaired) electrons. The maximum atomic E-state index is 14.4. The van der Waals surface area contributed by atoms with Crippen LogP contribution in [-0.4, -0.2) is 43.8 Å². The summed E-state index contributed by atoms with van der Waals surface area (Å²) in [5.74, 6) is -1.78. The quantitative estimate of drug-likeness (QED) is 0.168. The van der Waals surface area contributed by atoms with Crippen LogP contribution in [0.2, 0.25) is 10.0 Å². The van der Waals surface area contributed by atoms with Crippen LogP contribution in [0.1, 0.15) is 31.4 Å². The van der Waals surface area contributed by atoms with Gasteiger partial charge in [0.05, 0.1) is 15.6 Å². The molecule has 4 aromatic carbocycles. The predicted octanol–water partition coefficient (Wildman–Crippen LogP) is 6.88. The van der Waals surface area contributed by atoms with Crippen molar-refractivity contribution in [2.24, 2.45) is 0 Å².